The Morgan fingerprint density at radius 2 is 1.89 bits per heavy atom. The molecule has 0 bridgehead atoms. The minimum Gasteiger partial charge on any atom is -0.508 e. The van der Waals surface area contributed by atoms with Gasteiger partial charge in [-0.1, -0.05) is 26.2 Å². The molecule has 0 radical (unpaired) electrons. The molecule has 1 rings (SSSR count). The molecule has 0 saturated carbocycles. The third-order valence-electron chi connectivity index (χ3n) is 2.64. The second-order valence-electron chi connectivity index (χ2n) is 4.36. The van der Waals surface area contributed by atoms with Crippen molar-refractivity contribution in [2.75, 3.05) is 5.32 Å². The highest BCUT2D eigenvalue weighted by Gasteiger charge is 2.04. The number of phenolic OH excluding ortho intramolecular Hbond substituents is 1. The summed E-state index contributed by atoms with van der Waals surface area (Å²) in [4.78, 5) is 11.6. The van der Waals surface area contributed by atoms with Crippen LogP contribution in [-0.4, -0.2) is 16.1 Å². The number of nitrogens with one attached hydrogen (secondary N) is 2. The highest BCUT2D eigenvalue weighted by atomic mass is 32.1. The number of thiocarbonyl (C=S) groups is 1. The molecule has 0 spiro atoms. The number of hydrogen-bond acceptors (Lipinski definition) is 3. The van der Waals surface area contributed by atoms with Crippen LogP contribution in [0.15, 0.2) is 24.3 Å². The third kappa shape index (κ3) is 6.76. The Bertz CT molecular complexity index is 418. The van der Waals surface area contributed by atoms with Crippen LogP contribution in [-0.2, 0) is 4.79 Å². The van der Waals surface area contributed by atoms with E-state index in [-0.39, 0.29) is 16.8 Å². The van der Waals surface area contributed by atoms with Gasteiger partial charge in [-0.15, -0.1) is 0 Å². The lowest BCUT2D eigenvalue weighted by atomic mass is 10.1. The van der Waals surface area contributed by atoms with Gasteiger partial charge in [0.15, 0.2) is 5.11 Å². The summed E-state index contributed by atoms with van der Waals surface area (Å²) in [5, 5.41) is 15.0. The van der Waals surface area contributed by atoms with Crippen molar-refractivity contribution in [1.82, 2.24) is 5.32 Å². The maximum absolute atomic E-state index is 11.6. The van der Waals surface area contributed by atoms with E-state index in [9.17, 15) is 4.79 Å². The average Bonchev–Trinajstić information content (AvgIpc) is 2.37. The van der Waals surface area contributed by atoms with Crippen molar-refractivity contribution in [2.24, 2.45) is 0 Å². The van der Waals surface area contributed by atoms with Crippen molar-refractivity contribution in [1.29, 1.82) is 0 Å². The zero-order valence-corrected chi connectivity index (χ0v) is 11.9. The van der Waals surface area contributed by atoms with E-state index in [0.29, 0.717) is 6.42 Å². The summed E-state index contributed by atoms with van der Waals surface area (Å²) < 4.78 is 0. The summed E-state index contributed by atoms with van der Waals surface area (Å²) >= 11 is 5.04. The summed E-state index contributed by atoms with van der Waals surface area (Å²) in [5.74, 6) is 0.129. The van der Waals surface area contributed by atoms with E-state index in [1.165, 1.54) is 0 Å². The predicted molar refractivity (Wildman–Crippen MR) is 81.2 cm³/mol. The molecule has 1 amide bonds. The molecule has 0 saturated heterocycles. The Morgan fingerprint density at radius 1 is 1.21 bits per heavy atom. The molecule has 0 aliphatic rings. The number of carbonyl (C=O) groups is 1. The van der Waals surface area contributed by atoms with Gasteiger partial charge in [-0.2, -0.15) is 0 Å². The molecule has 5 heteroatoms. The largest absolute Gasteiger partial charge is 0.508 e. The fourth-order valence-corrected chi connectivity index (χ4v) is 1.84. The minimum absolute atomic E-state index is 0.0626. The first-order chi connectivity index (χ1) is 9.11. The molecule has 0 fully saturated rings. The lowest BCUT2D eigenvalue weighted by Crippen LogP contribution is -2.33. The van der Waals surface area contributed by atoms with Gasteiger partial charge in [-0.25, -0.2) is 0 Å². The number of anilines is 1. The maximum atomic E-state index is 11.6. The van der Waals surface area contributed by atoms with Crippen LogP contribution in [0.2, 0.25) is 0 Å². The van der Waals surface area contributed by atoms with Crippen LogP contribution in [0.4, 0.5) is 5.69 Å². The van der Waals surface area contributed by atoms with Gasteiger partial charge in [0.1, 0.15) is 5.75 Å². The second kappa shape index (κ2) is 8.48. The Hall–Kier alpha value is -1.62. The standard InChI is InChI=1S/C14H20N2O2S/c1-2-3-4-5-6-13(18)16-14(19)15-11-7-9-12(17)10-8-11/h7-10,17H,2-6H2,1H3,(H2,15,16,18,19). The normalized spacial score (nSPS) is 9.95. The van der Waals surface area contributed by atoms with Gasteiger partial charge >= 0.3 is 0 Å². The molecule has 104 valence electrons. The quantitative estimate of drug-likeness (QED) is 0.425. The van der Waals surface area contributed by atoms with E-state index in [4.69, 9.17) is 17.3 Å². The van der Waals surface area contributed by atoms with Crippen molar-refractivity contribution < 1.29 is 9.90 Å². The molecular weight excluding hydrogens is 260 g/mol. The summed E-state index contributed by atoms with van der Waals surface area (Å²) in [7, 11) is 0. The van der Waals surface area contributed by atoms with Gasteiger partial charge in [0, 0.05) is 12.1 Å². The van der Waals surface area contributed by atoms with Crippen molar-refractivity contribution in [2.45, 2.75) is 39.0 Å². The molecule has 0 heterocycles. The highest BCUT2D eigenvalue weighted by Crippen LogP contribution is 2.13. The van der Waals surface area contributed by atoms with Crippen LogP contribution in [0.5, 0.6) is 5.75 Å². The fraction of sp³-hybridized carbons (Fsp3) is 0.429. The number of aromatic hydroxyl groups is 1. The summed E-state index contributed by atoms with van der Waals surface area (Å²) in [6, 6.07) is 6.49. The zero-order valence-electron chi connectivity index (χ0n) is 11.1. The molecule has 3 N–H and O–H groups in total. The van der Waals surface area contributed by atoms with Crippen LogP contribution in [0.25, 0.3) is 0 Å². The third-order valence-corrected chi connectivity index (χ3v) is 2.84. The van der Waals surface area contributed by atoms with Gasteiger partial charge in [-0.05, 0) is 42.9 Å². The predicted octanol–water partition coefficient (Wildman–Crippen LogP) is 3.18. The number of hydrogen-bond donors (Lipinski definition) is 3. The van der Waals surface area contributed by atoms with Crippen LogP contribution < -0.4 is 10.6 Å². The van der Waals surface area contributed by atoms with Crippen LogP contribution in [0.3, 0.4) is 0 Å². The molecule has 0 aliphatic heterocycles. The van der Waals surface area contributed by atoms with Gasteiger partial charge in [0.2, 0.25) is 5.91 Å². The maximum Gasteiger partial charge on any atom is 0.226 e. The van der Waals surface area contributed by atoms with Crippen LogP contribution in [0, 0.1) is 0 Å². The molecule has 0 unspecified atom stereocenters. The molecule has 0 aliphatic carbocycles. The Balaban J connectivity index is 2.26. The Kier molecular flexibility index (Phi) is 6.89. The molecule has 4 nitrogen and oxygen atoms in total. The van der Waals surface area contributed by atoms with Gasteiger partial charge in [0.25, 0.3) is 0 Å². The van der Waals surface area contributed by atoms with Crippen LogP contribution >= 0.6 is 12.2 Å². The van der Waals surface area contributed by atoms with E-state index >= 15 is 0 Å². The SMILES string of the molecule is CCCCCCC(=O)NC(=S)Nc1ccc(O)cc1. The number of benzene rings is 1. The smallest absolute Gasteiger partial charge is 0.226 e. The summed E-state index contributed by atoms with van der Waals surface area (Å²) in [6.07, 6.45) is 4.77. The topological polar surface area (TPSA) is 61.4 Å². The van der Waals surface area contributed by atoms with E-state index < -0.39 is 0 Å². The highest BCUT2D eigenvalue weighted by molar-refractivity contribution is 7.80. The lowest BCUT2D eigenvalue weighted by Gasteiger charge is -2.09. The van der Waals surface area contributed by atoms with Crippen molar-refractivity contribution >= 4 is 28.9 Å². The molecular formula is C14H20N2O2S. The number of amides is 1. The number of unbranched alkanes of at least 4 members (excludes halogenated alkanes) is 3. The van der Waals surface area contributed by atoms with E-state index in [1.54, 1.807) is 24.3 Å². The number of rotatable bonds is 6. The summed E-state index contributed by atoms with van der Waals surface area (Å²) in [6.45, 7) is 2.14. The van der Waals surface area contributed by atoms with E-state index in [2.05, 4.69) is 17.6 Å². The minimum atomic E-state index is -0.0626. The zero-order chi connectivity index (χ0) is 14.1. The fourth-order valence-electron chi connectivity index (χ4n) is 1.61. The van der Waals surface area contributed by atoms with E-state index in [0.717, 1.165) is 31.4 Å². The number of phenols is 1. The average molecular weight is 280 g/mol. The van der Waals surface area contributed by atoms with Gasteiger partial charge < -0.3 is 15.7 Å². The Morgan fingerprint density at radius 3 is 2.53 bits per heavy atom. The first kappa shape index (κ1) is 15.4. The Labute approximate surface area is 119 Å². The molecule has 19 heavy (non-hydrogen) atoms. The monoisotopic (exact) mass is 280 g/mol. The number of carbonyl (C=O) groups excluding carboxylic acids is 1. The van der Waals surface area contributed by atoms with Gasteiger partial charge in [0.05, 0.1) is 0 Å². The molecule has 0 atom stereocenters. The van der Waals surface area contributed by atoms with Crippen molar-refractivity contribution in [3.8, 4) is 5.75 Å². The molecule has 1 aromatic rings. The summed E-state index contributed by atoms with van der Waals surface area (Å²) in [5.41, 5.74) is 0.731. The van der Waals surface area contributed by atoms with Crippen molar-refractivity contribution in [3.05, 3.63) is 24.3 Å². The lowest BCUT2D eigenvalue weighted by molar-refractivity contribution is -0.119. The molecule has 1 aromatic carbocycles. The van der Waals surface area contributed by atoms with Crippen molar-refractivity contribution in [3.63, 3.8) is 0 Å². The molecule has 0 aromatic heterocycles. The first-order valence-corrected chi connectivity index (χ1v) is 6.92. The second-order valence-corrected chi connectivity index (χ2v) is 4.77. The van der Waals surface area contributed by atoms with Gasteiger partial charge in [-0.3, -0.25) is 4.79 Å². The first-order valence-electron chi connectivity index (χ1n) is 6.51. The van der Waals surface area contributed by atoms with E-state index in [1.807, 2.05) is 0 Å². The van der Waals surface area contributed by atoms with Crippen LogP contribution in [0.1, 0.15) is 39.0 Å².